The first-order valence-corrected chi connectivity index (χ1v) is 12.7. The quantitative estimate of drug-likeness (QED) is 0.623. The number of anilines is 1. The molecule has 0 aliphatic carbocycles. The van der Waals surface area contributed by atoms with Crippen molar-refractivity contribution in [2.24, 2.45) is 5.92 Å². The van der Waals surface area contributed by atoms with Crippen molar-refractivity contribution in [2.75, 3.05) is 38.2 Å². The normalized spacial score (nSPS) is 17.0. The maximum atomic E-state index is 13.1. The highest BCUT2D eigenvalue weighted by molar-refractivity contribution is 7.89. The average molecular weight is 489 g/mol. The van der Waals surface area contributed by atoms with Crippen molar-refractivity contribution in [3.05, 3.63) is 48.0 Å². The van der Waals surface area contributed by atoms with Crippen molar-refractivity contribution in [3.63, 3.8) is 0 Å². The molecule has 0 unspecified atom stereocenters. The molecule has 0 spiro atoms. The highest BCUT2D eigenvalue weighted by Crippen LogP contribution is 2.33. The minimum Gasteiger partial charge on any atom is -0.490 e. The molecule has 2 aromatic carbocycles. The van der Waals surface area contributed by atoms with Crippen LogP contribution in [0.25, 0.3) is 0 Å². The Hall–Kier alpha value is -3.11. The molecule has 182 valence electrons. The van der Waals surface area contributed by atoms with Gasteiger partial charge < -0.3 is 19.5 Å². The lowest BCUT2D eigenvalue weighted by Gasteiger charge is -2.30. The second kappa shape index (κ2) is 10.4. The number of esters is 1. The van der Waals surface area contributed by atoms with E-state index >= 15 is 0 Å². The SMILES string of the molecule is Cc1ccc(NC(=O)COC(=O)C2CCN(S(=O)(=O)c3ccc4c(c3)OCCCO4)CC2)cc1. The van der Waals surface area contributed by atoms with Gasteiger partial charge in [-0.05, 0) is 44.0 Å². The molecule has 4 rings (SSSR count). The fourth-order valence-electron chi connectivity index (χ4n) is 3.87. The number of aryl methyl sites for hydroxylation is 1. The zero-order valence-electron chi connectivity index (χ0n) is 19.0. The molecule has 0 aromatic heterocycles. The lowest BCUT2D eigenvalue weighted by atomic mass is 9.98. The van der Waals surface area contributed by atoms with E-state index < -0.39 is 27.8 Å². The largest absolute Gasteiger partial charge is 0.490 e. The lowest BCUT2D eigenvalue weighted by Crippen LogP contribution is -2.40. The Morgan fingerprint density at radius 2 is 1.71 bits per heavy atom. The van der Waals surface area contributed by atoms with Gasteiger partial charge in [-0.15, -0.1) is 0 Å². The maximum Gasteiger partial charge on any atom is 0.309 e. The minimum atomic E-state index is -3.74. The van der Waals surface area contributed by atoms with E-state index in [1.165, 1.54) is 16.4 Å². The van der Waals surface area contributed by atoms with Gasteiger partial charge in [0.2, 0.25) is 10.0 Å². The van der Waals surface area contributed by atoms with E-state index in [1.807, 2.05) is 19.1 Å². The number of nitrogens with zero attached hydrogens (tertiary/aromatic N) is 1. The summed E-state index contributed by atoms with van der Waals surface area (Å²) in [7, 11) is -3.74. The number of carbonyl (C=O) groups excluding carboxylic acids is 2. The predicted octanol–water partition coefficient (Wildman–Crippen LogP) is 2.74. The van der Waals surface area contributed by atoms with E-state index in [9.17, 15) is 18.0 Å². The monoisotopic (exact) mass is 488 g/mol. The molecule has 1 saturated heterocycles. The first-order chi connectivity index (χ1) is 16.3. The van der Waals surface area contributed by atoms with Crippen molar-refractivity contribution in [3.8, 4) is 11.5 Å². The number of fused-ring (bicyclic) bond motifs is 1. The van der Waals surface area contributed by atoms with Crippen LogP contribution >= 0.6 is 0 Å². The Balaban J connectivity index is 1.28. The molecule has 0 radical (unpaired) electrons. The molecule has 2 aliphatic rings. The summed E-state index contributed by atoms with van der Waals surface area (Å²) < 4.78 is 43.9. The summed E-state index contributed by atoms with van der Waals surface area (Å²) in [5.74, 6) is -0.425. The molecule has 1 N–H and O–H groups in total. The molecule has 2 heterocycles. The van der Waals surface area contributed by atoms with Gasteiger partial charge in [0.25, 0.3) is 5.91 Å². The summed E-state index contributed by atoms with van der Waals surface area (Å²) in [6.45, 7) is 2.92. The molecule has 9 nitrogen and oxygen atoms in total. The minimum absolute atomic E-state index is 0.130. The summed E-state index contributed by atoms with van der Waals surface area (Å²) in [4.78, 5) is 24.6. The summed E-state index contributed by atoms with van der Waals surface area (Å²) in [6.07, 6.45) is 1.37. The molecule has 0 atom stereocenters. The first-order valence-electron chi connectivity index (χ1n) is 11.3. The van der Waals surface area contributed by atoms with Gasteiger partial charge in [-0.2, -0.15) is 4.31 Å². The van der Waals surface area contributed by atoms with E-state index in [1.54, 1.807) is 18.2 Å². The average Bonchev–Trinajstić information content (AvgIpc) is 3.09. The number of rotatable bonds is 6. The molecular weight excluding hydrogens is 460 g/mol. The van der Waals surface area contributed by atoms with E-state index in [0.717, 1.165) is 12.0 Å². The van der Waals surface area contributed by atoms with Gasteiger partial charge >= 0.3 is 5.97 Å². The summed E-state index contributed by atoms with van der Waals surface area (Å²) in [5.41, 5.74) is 1.70. The molecule has 2 aromatic rings. The number of hydrogen-bond donors (Lipinski definition) is 1. The molecule has 1 fully saturated rings. The van der Waals surface area contributed by atoms with Crippen LogP contribution in [-0.2, 0) is 24.3 Å². The fraction of sp³-hybridized carbons (Fsp3) is 0.417. The zero-order valence-corrected chi connectivity index (χ0v) is 19.8. The van der Waals surface area contributed by atoms with Crippen LogP contribution < -0.4 is 14.8 Å². The van der Waals surface area contributed by atoms with E-state index in [-0.39, 0.29) is 24.6 Å². The third-order valence-corrected chi connectivity index (χ3v) is 7.72. The Morgan fingerprint density at radius 3 is 2.41 bits per heavy atom. The van der Waals surface area contributed by atoms with Crippen LogP contribution in [0.5, 0.6) is 11.5 Å². The number of amides is 1. The van der Waals surface area contributed by atoms with Crippen LogP contribution in [0.1, 0.15) is 24.8 Å². The fourth-order valence-corrected chi connectivity index (χ4v) is 5.36. The Bertz CT molecular complexity index is 1140. The number of nitrogens with one attached hydrogen (secondary N) is 1. The molecule has 1 amide bonds. The summed E-state index contributed by atoms with van der Waals surface area (Å²) in [5, 5.41) is 2.68. The second-order valence-electron chi connectivity index (χ2n) is 8.36. The van der Waals surface area contributed by atoms with Gasteiger partial charge in [0.05, 0.1) is 24.0 Å². The second-order valence-corrected chi connectivity index (χ2v) is 10.3. The van der Waals surface area contributed by atoms with Crippen molar-refractivity contribution in [2.45, 2.75) is 31.1 Å². The smallest absolute Gasteiger partial charge is 0.309 e. The van der Waals surface area contributed by atoms with Crippen LogP contribution in [0.2, 0.25) is 0 Å². The number of benzene rings is 2. The number of hydrogen-bond acceptors (Lipinski definition) is 7. The maximum absolute atomic E-state index is 13.1. The number of carbonyl (C=O) groups is 2. The molecule has 0 saturated carbocycles. The van der Waals surface area contributed by atoms with Gasteiger partial charge in [-0.3, -0.25) is 9.59 Å². The van der Waals surface area contributed by atoms with Gasteiger partial charge in [0.1, 0.15) is 0 Å². The first kappa shape index (κ1) is 24.0. The number of sulfonamides is 1. The van der Waals surface area contributed by atoms with Crippen LogP contribution in [0.15, 0.2) is 47.4 Å². The van der Waals surface area contributed by atoms with Crippen molar-refractivity contribution in [1.29, 1.82) is 0 Å². The van der Waals surface area contributed by atoms with Crippen molar-refractivity contribution in [1.82, 2.24) is 4.31 Å². The topological polar surface area (TPSA) is 111 Å². The highest BCUT2D eigenvalue weighted by Gasteiger charge is 2.33. The van der Waals surface area contributed by atoms with Gasteiger partial charge in [0, 0.05) is 31.3 Å². The van der Waals surface area contributed by atoms with Crippen molar-refractivity contribution >= 4 is 27.6 Å². The molecule has 10 heteroatoms. The standard InChI is InChI=1S/C24H28N2O7S/c1-17-3-5-19(6-4-17)25-23(27)16-33-24(28)18-9-11-26(12-10-18)34(29,30)20-7-8-21-22(15-20)32-14-2-13-31-21/h3-8,15,18H,2,9-14,16H2,1H3,(H,25,27). The lowest BCUT2D eigenvalue weighted by molar-refractivity contribution is -0.152. The molecule has 0 bridgehead atoms. The zero-order chi connectivity index (χ0) is 24.1. The Morgan fingerprint density at radius 1 is 1.03 bits per heavy atom. The summed E-state index contributed by atoms with van der Waals surface area (Å²) >= 11 is 0. The van der Waals surface area contributed by atoms with Crippen LogP contribution in [0.3, 0.4) is 0 Å². The molecule has 2 aliphatic heterocycles. The molecule has 34 heavy (non-hydrogen) atoms. The van der Waals surface area contributed by atoms with Crippen LogP contribution in [0, 0.1) is 12.8 Å². The van der Waals surface area contributed by atoms with Gasteiger partial charge in [0.15, 0.2) is 18.1 Å². The van der Waals surface area contributed by atoms with Crippen LogP contribution in [0.4, 0.5) is 5.69 Å². The third kappa shape index (κ3) is 5.68. The van der Waals surface area contributed by atoms with Gasteiger partial charge in [-0.25, -0.2) is 8.42 Å². The Kier molecular flexibility index (Phi) is 7.38. The predicted molar refractivity (Wildman–Crippen MR) is 124 cm³/mol. The number of piperidine rings is 1. The molecular formula is C24H28N2O7S. The van der Waals surface area contributed by atoms with Crippen molar-refractivity contribution < 1.29 is 32.2 Å². The number of ether oxygens (including phenoxy) is 3. The van der Waals surface area contributed by atoms with Crippen LogP contribution in [-0.4, -0.2) is 57.5 Å². The summed E-state index contributed by atoms with van der Waals surface area (Å²) in [6, 6.07) is 11.9. The Labute approximate surface area is 199 Å². The van der Waals surface area contributed by atoms with Gasteiger partial charge in [-0.1, -0.05) is 17.7 Å². The highest BCUT2D eigenvalue weighted by atomic mass is 32.2. The third-order valence-electron chi connectivity index (χ3n) is 5.82. The van der Waals surface area contributed by atoms with E-state index in [4.69, 9.17) is 14.2 Å². The van der Waals surface area contributed by atoms with E-state index in [0.29, 0.717) is 43.2 Å². The van der Waals surface area contributed by atoms with E-state index in [2.05, 4.69) is 5.32 Å².